The van der Waals surface area contributed by atoms with Gasteiger partial charge in [-0.3, -0.25) is 0 Å². The molecule has 2 rings (SSSR count). The van der Waals surface area contributed by atoms with Crippen molar-refractivity contribution in [2.45, 2.75) is 39.1 Å². The lowest BCUT2D eigenvalue weighted by molar-refractivity contribution is -0.0434. The van der Waals surface area contributed by atoms with Gasteiger partial charge in [-0.1, -0.05) is 36.7 Å². The van der Waals surface area contributed by atoms with Gasteiger partial charge in [-0.15, -0.1) is 0 Å². The van der Waals surface area contributed by atoms with Gasteiger partial charge in [-0.05, 0) is 24.2 Å². The van der Waals surface area contributed by atoms with E-state index in [9.17, 15) is 21.6 Å². The maximum Gasteiger partial charge on any atom is 0.501 e. The second kappa shape index (κ2) is 3.53. The zero-order valence-electron chi connectivity index (χ0n) is 10.2. The topological polar surface area (TPSA) is 34.1 Å². The number of sulfone groups is 1. The molecular weight excluding hydrogens is 333 g/mol. The third-order valence-corrected chi connectivity index (χ3v) is 7.85. The number of allylic oxidation sites excluding steroid dienone is 2. The van der Waals surface area contributed by atoms with Crippen molar-refractivity contribution in [2.24, 2.45) is 16.7 Å². The minimum absolute atomic E-state index is 0.144. The van der Waals surface area contributed by atoms with E-state index in [0.29, 0.717) is 6.42 Å². The van der Waals surface area contributed by atoms with Crippen molar-refractivity contribution < 1.29 is 21.6 Å². The van der Waals surface area contributed by atoms with Crippen molar-refractivity contribution in [2.75, 3.05) is 0 Å². The number of fused-ring (bicyclic) bond motifs is 2. The van der Waals surface area contributed by atoms with Gasteiger partial charge in [0, 0.05) is 9.90 Å². The van der Waals surface area contributed by atoms with Gasteiger partial charge in [-0.25, -0.2) is 8.42 Å². The third kappa shape index (κ3) is 1.43. The fourth-order valence-corrected chi connectivity index (χ4v) is 6.78. The number of rotatable bonds is 1. The van der Waals surface area contributed by atoms with Gasteiger partial charge in [0.05, 0.1) is 4.91 Å². The highest BCUT2D eigenvalue weighted by atomic mass is 79.9. The Bertz CT molecular complexity index is 533. The molecule has 0 spiro atoms. The molecule has 7 heteroatoms. The summed E-state index contributed by atoms with van der Waals surface area (Å²) in [4.78, 5) is -0.455. The van der Waals surface area contributed by atoms with Crippen LogP contribution in [0.3, 0.4) is 0 Å². The standard InChI is InChI=1S/C11H14BrF3O2S/c1-9(2)6-4-5-10(9,3)8(7(6)12)18(16,17)11(13,14)15/h6H,4-5H2,1-3H3. The molecule has 2 aliphatic carbocycles. The Morgan fingerprint density at radius 3 is 2.11 bits per heavy atom. The summed E-state index contributed by atoms with van der Waals surface area (Å²) < 4.78 is 62.0. The molecule has 0 amide bonds. The van der Waals surface area contributed by atoms with Crippen molar-refractivity contribution in [3.63, 3.8) is 0 Å². The first kappa shape index (κ1) is 14.4. The van der Waals surface area contributed by atoms with Gasteiger partial charge < -0.3 is 0 Å². The van der Waals surface area contributed by atoms with Crippen molar-refractivity contribution in [3.05, 3.63) is 9.39 Å². The van der Waals surface area contributed by atoms with E-state index >= 15 is 0 Å². The van der Waals surface area contributed by atoms with Gasteiger partial charge in [-0.2, -0.15) is 13.2 Å². The molecular formula is C11H14BrF3O2S. The summed E-state index contributed by atoms with van der Waals surface area (Å²) in [6.07, 6.45) is 1.20. The predicted molar refractivity (Wildman–Crippen MR) is 65.5 cm³/mol. The zero-order valence-corrected chi connectivity index (χ0v) is 12.6. The normalized spacial score (nSPS) is 35.4. The molecule has 0 aromatic heterocycles. The van der Waals surface area contributed by atoms with Crippen molar-refractivity contribution in [1.82, 2.24) is 0 Å². The molecule has 2 aliphatic rings. The van der Waals surface area contributed by atoms with Crippen LogP contribution in [0.5, 0.6) is 0 Å². The second-order valence-corrected chi connectivity index (χ2v) is 8.50. The van der Waals surface area contributed by atoms with Crippen molar-refractivity contribution in [3.8, 4) is 0 Å². The predicted octanol–water partition coefficient (Wildman–Crippen LogP) is 3.98. The van der Waals surface area contributed by atoms with Gasteiger partial charge >= 0.3 is 5.51 Å². The molecule has 2 nitrogen and oxygen atoms in total. The van der Waals surface area contributed by atoms with Crippen LogP contribution in [-0.2, 0) is 9.84 Å². The Morgan fingerprint density at radius 1 is 1.28 bits per heavy atom. The molecule has 104 valence electrons. The Labute approximate surface area is 113 Å². The van der Waals surface area contributed by atoms with E-state index in [2.05, 4.69) is 15.9 Å². The molecule has 0 aliphatic heterocycles. The number of halogens is 4. The minimum atomic E-state index is -5.25. The number of alkyl halides is 3. The summed E-state index contributed by atoms with van der Waals surface area (Å²) in [6.45, 7) is 5.30. The van der Waals surface area contributed by atoms with Crippen molar-refractivity contribution in [1.29, 1.82) is 0 Å². The molecule has 0 N–H and O–H groups in total. The lowest BCUT2D eigenvalue weighted by atomic mass is 9.70. The molecule has 18 heavy (non-hydrogen) atoms. The van der Waals surface area contributed by atoms with Crippen LogP contribution in [0.4, 0.5) is 13.2 Å². The van der Waals surface area contributed by atoms with Crippen LogP contribution in [0.1, 0.15) is 33.6 Å². The van der Waals surface area contributed by atoms with Gasteiger partial charge in [0.2, 0.25) is 0 Å². The van der Waals surface area contributed by atoms with Crippen LogP contribution in [0.2, 0.25) is 0 Å². The first-order chi connectivity index (χ1) is 7.87. The van der Waals surface area contributed by atoms with E-state index in [0.717, 1.165) is 6.42 Å². The summed E-state index contributed by atoms with van der Waals surface area (Å²) >= 11 is 3.10. The molecule has 0 radical (unpaired) electrons. The van der Waals surface area contributed by atoms with Gasteiger partial charge in [0.15, 0.2) is 0 Å². The Balaban J connectivity index is 2.69. The maximum absolute atomic E-state index is 12.8. The SMILES string of the molecule is CC12CCC(C(Br)=C1S(=O)(=O)C(F)(F)F)C2(C)C. The maximum atomic E-state index is 12.8. The smallest absolute Gasteiger partial charge is 0.215 e. The fraction of sp³-hybridized carbons (Fsp3) is 0.818. The molecule has 2 unspecified atom stereocenters. The summed E-state index contributed by atoms with van der Waals surface area (Å²) in [5.74, 6) is -0.144. The third-order valence-electron chi connectivity index (χ3n) is 4.82. The summed E-state index contributed by atoms with van der Waals surface area (Å²) in [5, 5.41) is 0. The Morgan fingerprint density at radius 2 is 1.78 bits per heavy atom. The second-order valence-electron chi connectivity index (χ2n) is 5.77. The van der Waals surface area contributed by atoms with Crippen LogP contribution >= 0.6 is 15.9 Å². The average Bonchev–Trinajstić information content (AvgIpc) is 2.43. The molecule has 1 fully saturated rings. The molecule has 0 heterocycles. The molecule has 2 bridgehead atoms. The van der Waals surface area contributed by atoms with E-state index in [1.807, 2.05) is 13.8 Å². The first-order valence-electron chi connectivity index (χ1n) is 5.59. The molecule has 2 atom stereocenters. The number of hydrogen-bond donors (Lipinski definition) is 0. The van der Waals surface area contributed by atoms with Crippen LogP contribution in [0.25, 0.3) is 0 Å². The van der Waals surface area contributed by atoms with Gasteiger partial charge in [0.1, 0.15) is 0 Å². The quantitative estimate of drug-likeness (QED) is 0.719. The summed E-state index contributed by atoms with van der Waals surface area (Å²) in [5.41, 5.74) is -6.64. The van der Waals surface area contributed by atoms with Crippen LogP contribution in [0, 0.1) is 16.7 Å². The van der Waals surface area contributed by atoms with E-state index in [1.165, 1.54) is 0 Å². The van der Waals surface area contributed by atoms with E-state index in [1.54, 1.807) is 6.92 Å². The average molecular weight is 347 g/mol. The molecule has 0 aromatic carbocycles. The fourth-order valence-electron chi connectivity index (χ4n) is 3.31. The van der Waals surface area contributed by atoms with Crippen LogP contribution in [0.15, 0.2) is 9.39 Å². The van der Waals surface area contributed by atoms with E-state index in [-0.39, 0.29) is 10.4 Å². The number of hydrogen-bond acceptors (Lipinski definition) is 2. The molecule has 0 aromatic rings. The van der Waals surface area contributed by atoms with E-state index in [4.69, 9.17) is 0 Å². The van der Waals surface area contributed by atoms with Crippen LogP contribution in [-0.4, -0.2) is 13.9 Å². The highest BCUT2D eigenvalue weighted by Crippen LogP contribution is 2.70. The minimum Gasteiger partial charge on any atom is -0.215 e. The zero-order chi connectivity index (χ0) is 14.1. The Hall–Kier alpha value is -0.0400. The van der Waals surface area contributed by atoms with E-state index < -0.39 is 31.1 Å². The van der Waals surface area contributed by atoms with Crippen LogP contribution < -0.4 is 0 Å². The molecule has 1 saturated carbocycles. The molecule has 0 saturated heterocycles. The lowest BCUT2D eigenvalue weighted by Gasteiger charge is -2.36. The highest BCUT2D eigenvalue weighted by Gasteiger charge is 2.67. The summed E-state index contributed by atoms with van der Waals surface area (Å²) in [7, 11) is -5.25. The highest BCUT2D eigenvalue weighted by molar-refractivity contribution is 9.11. The van der Waals surface area contributed by atoms with Gasteiger partial charge in [0.25, 0.3) is 9.84 Å². The lowest BCUT2D eigenvalue weighted by Crippen LogP contribution is -2.36. The largest absolute Gasteiger partial charge is 0.501 e. The summed E-state index contributed by atoms with van der Waals surface area (Å²) in [6, 6.07) is 0. The first-order valence-corrected chi connectivity index (χ1v) is 7.86. The monoisotopic (exact) mass is 346 g/mol. The van der Waals surface area contributed by atoms with Crippen molar-refractivity contribution >= 4 is 25.8 Å². The Kier molecular flexibility index (Phi) is 2.82.